The molecule has 0 aliphatic rings. The van der Waals surface area contributed by atoms with E-state index in [1.54, 1.807) is 0 Å². The molecule has 3 N–H and O–H groups in total. The summed E-state index contributed by atoms with van der Waals surface area (Å²) in [5, 5.41) is 8.86. The SMILES string of the molecule is CCc1ccc(N)c(CO)c1. The molecule has 0 aromatic heterocycles. The van der Waals surface area contributed by atoms with Crippen molar-refractivity contribution in [1.29, 1.82) is 0 Å². The Labute approximate surface area is 66.7 Å². The van der Waals surface area contributed by atoms with Crippen LogP contribution in [0, 0.1) is 0 Å². The van der Waals surface area contributed by atoms with Crippen LogP contribution in [0.25, 0.3) is 0 Å². The standard InChI is InChI=1S/C9H13NO/c1-2-7-3-4-9(10)8(5-7)6-11/h3-5,11H,2,6,10H2,1H3. The van der Waals surface area contributed by atoms with Gasteiger partial charge in [0.1, 0.15) is 0 Å². The Hall–Kier alpha value is -1.02. The number of aliphatic hydroxyl groups excluding tert-OH is 1. The molecule has 60 valence electrons. The van der Waals surface area contributed by atoms with E-state index in [1.165, 1.54) is 5.56 Å². The van der Waals surface area contributed by atoms with Gasteiger partial charge in [-0.1, -0.05) is 19.1 Å². The van der Waals surface area contributed by atoms with Gasteiger partial charge in [-0.15, -0.1) is 0 Å². The van der Waals surface area contributed by atoms with Crippen molar-refractivity contribution in [2.75, 3.05) is 5.73 Å². The monoisotopic (exact) mass is 151 g/mol. The third-order valence-corrected chi connectivity index (χ3v) is 1.79. The van der Waals surface area contributed by atoms with Gasteiger partial charge in [-0.2, -0.15) is 0 Å². The highest BCUT2D eigenvalue weighted by molar-refractivity contribution is 5.48. The van der Waals surface area contributed by atoms with Crippen LogP contribution in [-0.2, 0) is 13.0 Å². The predicted octanol–water partition coefficient (Wildman–Crippen LogP) is 1.32. The maximum absolute atomic E-state index is 8.86. The van der Waals surface area contributed by atoms with Crippen molar-refractivity contribution >= 4 is 5.69 Å². The molecule has 0 saturated carbocycles. The molecule has 2 heteroatoms. The van der Waals surface area contributed by atoms with Gasteiger partial charge >= 0.3 is 0 Å². The minimum atomic E-state index is 0.0275. The topological polar surface area (TPSA) is 46.2 Å². The third-order valence-electron chi connectivity index (χ3n) is 1.79. The zero-order valence-corrected chi connectivity index (χ0v) is 6.67. The summed E-state index contributed by atoms with van der Waals surface area (Å²) in [7, 11) is 0. The molecule has 11 heavy (non-hydrogen) atoms. The fourth-order valence-electron chi connectivity index (χ4n) is 1.02. The molecule has 0 aliphatic carbocycles. The molecule has 1 aromatic rings. The first-order valence-electron chi connectivity index (χ1n) is 3.76. The highest BCUT2D eigenvalue weighted by Crippen LogP contribution is 2.13. The molecule has 0 fully saturated rings. The molecule has 2 nitrogen and oxygen atoms in total. The number of hydrogen-bond donors (Lipinski definition) is 2. The first-order valence-corrected chi connectivity index (χ1v) is 3.76. The molecule has 1 aromatic carbocycles. The largest absolute Gasteiger partial charge is 0.398 e. The molecular formula is C9H13NO. The van der Waals surface area contributed by atoms with Crippen LogP contribution in [0.4, 0.5) is 5.69 Å². The molecule has 0 radical (unpaired) electrons. The van der Waals surface area contributed by atoms with E-state index >= 15 is 0 Å². The van der Waals surface area contributed by atoms with Crippen LogP contribution >= 0.6 is 0 Å². The third kappa shape index (κ3) is 1.71. The van der Waals surface area contributed by atoms with Gasteiger partial charge in [0.05, 0.1) is 6.61 Å². The van der Waals surface area contributed by atoms with E-state index in [2.05, 4.69) is 6.92 Å². The summed E-state index contributed by atoms with van der Waals surface area (Å²) in [6, 6.07) is 5.76. The van der Waals surface area contributed by atoms with Gasteiger partial charge in [0.2, 0.25) is 0 Å². The maximum Gasteiger partial charge on any atom is 0.0702 e. The summed E-state index contributed by atoms with van der Waals surface area (Å²) >= 11 is 0. The van der Waals surface area contributed by atoms with Crippen LogP contribution in [-0.4, -0.2) is 5.11 Å². The summed E-state index contributed by atoms with van der Waals surface area (Å²) < 4.78 is 0. The quantitative estimate of drug-likeness (QED) is 0.626. The molecule has 1 rings (SSSR count). The lowest BCUT2D eigenvalue weighted by atomic mass is 10.1. The summed E-state index contributed by atoms with van der Waals surface area (Å²) in [5.74, 6) is 0. The fraction of sp³-hybridized carbons (Fsp3) is 0.333. The van der Waals surface area contributed by atoms with Gasteiger partial charge < -0.3 is 10.8 Å². The Kier molecular flexibility index (Phi) is 2.49. The molecule has 0 spiro atoms. The van der Waals surface area contributed by atoms with Crippen molar-refractivity contribution < 1.29 is 5.11 Å². The summed E-state index contributed by atoms with van der Waals surface area (Å²) in [5.41, 5.74) is 8.30. The Morgan fingerprint density at radius 1 is 1.45 bits per heavy atom. The average molecular weight is 151 g/mol. The number of aryl methyl sites for hydroxylation is 1. The van der Waals surface area contributed by atoms with Gasteiger partial charge in [-0.25, -0.2) is 0 Å². The van der Waals surface area contributed by atoms with Crippen molar-refractivity contribution in [2.24, 2.45) is 0 Å². The zero-order valence-electron chi connectivity index (χ0n) is 6.67. The second-order valence-electron chi connectivity index (χ2n) is 2.54. The Balaban J connectivity index is 3.02. The lowest BCUT2D eigenvalue weighted by Crippen LogP contribution is -1.95. The smallest absolute Gasteiger partial charge is 0.0702 e. The van der Waals surface area contributed by atoms with E-state index in [0.29, 0.717) is 5.69 Å². The molecular weight excluding hydrogens is 138 g/mol. The lowest BCUT2D eigenvalue weighted by molar-refractivity contribution is 0.282. The number of benzene rings is 1. The molecule has 0 bridgehead atoms. The number of aliphatic hydroxyl groups is 1. The predicted molar refractivity (Wildman–Crippen MR) is 46.2 cm³/mol. The molecule has 0 aliphatic heterocycles. The minimum absolute atomic E-state index is 0.0275. The fourth-order valence-corrected chi connectivity index (χ4v) is 1.02. The summed E-state index contributed by atoms with van der Waals surface area (Å²) in [4.78, 5) is 0. The molecule has 0 saturated heterocycles. The number of anilines is 1. The second-order valence-corrected chi connectivity index (χ2v) is 2.54. The van der Waals surface area contributed by atoms with Crippen molar-refractivity contribution in [3.63, 3.8) is 0 Å². The summed E-state index contributed by atoms with van der Waals surface area (Å²) in [6.07, 6.45) is 0.979. The van der Waals surface area contributed by atoms with Crippen LogP contribution in [0.5, 0.6) is 0 Å². The molecule has 0 unspecified atom stereocenters. The van der Waals surface area contributed by atoms with Crippen molar-refractivity contribution in [3.05, 3.63) is 29.3 Å². The van der Waals surface area contributed by atoms with Crippen LogP contribution < -0.4 is 5.73 Å². The molecule has 0 heterocycles. The number of nitrogen functional groups attached to an aromatic ring is 1. The van der Waals surface area contributed by atoms with Crippen LogP contribution in [0.1, 0.15) is 18.1 Å². The number of hydrogen-bond acceptors (Lipinski definition) is 2. The number of nitrogens with two attached hydrogens (primary N) is 1. The second kappa shape index (κ2) is 3.39. The van der Waals surface area contributed by atoms with Crippen LogP contribution in [0.3, 0.4) is 0 Å². The highest BCUT2D eigenvalue weighted by atomic mass is 16.3. The molecule has 0 amide bonds. The van der Waals surface area contributed by atoms with E-state index in [1.807, 2.05) is 18.2 Å². The van der Waals surface area contributed by atoms with Crippen LogP contribution in [0.15, 0.2) is 18.2 Å². The molecule has 0 atom stereocenters. The normalized spacial score (nSPS) is 10.0. The first-order chi connectivity index (χ1) is 5.27. The van der Waals surface area contributed by atoms with Crippen molar-refractivity contribution in [1.82, 2.24) is 0 Å². The van der Waals surface area contributed by atoms with Gasteiger partial charge in [0.15, 0.2) is 0 Å². The average Bonchev–Trinajstić information content (AvgIpc) is 2.05. The lowest BCUT2D eigenvalue weighted by Gasteiger charge is -2.03. The highest BCUT2D eigenvalue weighted by Gasteiger charge is 1.97. The zero-order chi connectivity index (χ0) is 8.27. The van der Waals surface area contributed by atoms with E-state index in [9.17, 15) is 0 Å². The van der Waals surface area contributed by atoms with E-state index in [0.717, 1.165) is 12.0 Å². The Bertz CT molecular complexity index is 245. The van der Waals surface area contributed by atoms with Gasteiger partial charge in [-0.3, -0.25) is 0 Å². The van der Waals surface area contributed by atoms with Gasteiger partial charge in [0.25, 0.3) is 0 Å². The first kappa shape index (κ1) is 8.08. The summed E-state index contributed by atoms with van der Waals surface area (Å²) in [6.45, 7) is 2.10. The number of rotatable bonds is 2. The van der Waals surface area contributed by atoms with Crippen LogP contribution in [0.2, 0.25) is 0 Å². The van der Waals surface area contributed by atoms with Crippen molar-refractivity contribution in [3.8, 4) is 0 Å². The van der Waals surface area contributed by atoms with E-state index < -0.39 is 0 Å². The van der Waals surface area contributed by atoms with E-state index in [4.69, 9.17) is 10.8 Å². The van der Waals surface area contributed by atoms with Gasteiger partial charge in [-0.05, 0) is 18.1 Å². The maximum atomic E-state index is 8.86. The van der Waals surface area contributed by atoms with Crippen molar-refractivity contribution in [2.45, 2.75) is 20.0 Å². The van der Waals surface area contributed by atoms with E-state index in [-0.39, 0.29) is 6.61 Å². The Morgan fingerprint density at radius 2 is 2.18 bits per heavy atom. The Morgan fingerprint density at radius 3 is 2.73 bits per heavy atom. The minimum Gasteiger partial charge on any atom is -0.398 e. The van der Waals surface area contributed by atoms with Gasteiger partial charge in [0, 0.05) is 11.3 Å².